The number of rotatable bonds is 2. The molecule has 0 spiro atoms. The van der Waals surface area contributed by atoms with Crippen molar-refractivity contribution in [3.8, 4) is 0 Å². The fraction of sp³-hybridized carbons (Fsp3) is 1.00. The summed E-state index contributed by atoms with van der Waals surface area (Å²) in [7, 11) is 0. The van der Waals surface area contributed by atoms with E-state index in [-0.39, 0.29) is 0 Å². The highest BCUT2D eigenvalue weighted by molar-refractivity contribution is 4.82. The van der Waals surface area contributed by atoms with E-state index in [9.17, 15) is 0 Å². The lowest BCUT2D eigenvalue weighted by atomic mass is 9.69. The van der Waals surface area contributed by atoms with Gasteiger partial charge < -0.3 is 0 Å². The van der Waals surface area contributed by atoms with Crippen molar-refractivity contribution in [1.82, 2.24) is 0 Å². The standard InChI is InChI=1S/C23H42/c1-18-6-5-9-22(13-10-18)20-7-3-4-8-21(17-16-20)23-14-11-19(2)12-15-23/h18-23H,3-17H2,1-2H3. The van der Waals surface area contributed by atoms with E-state index in [1.807, 2.05) is 0 Å². The van der Waals surface area contributed by atoms with Crippen LogP contribution in [0.5, 0.6) is 0 Å². The van der Waals surface area contributed by atoms with Crippen molar-refractivity contribution >= 4 is 0 Å². The summed E-state index contributed by atoms with van der Waals surface area (Å²) in [6.07, 6.45) is 23.2. The highest BCUT2D eigenvalue weighted by atomic mass is 14.4. The van der Waals surface area contributed by atoms with Gasteiger partial charge in [-0.1, -0.05) is 78.1 Å². The van der Waals surface area contributed by atoms with Crippen LogP contribution in [0.1, 0.15) is 110 Å². The van der Waals surface area contributed by atoms with E-state index in [2.05, 4.69) is 13.8 Å². The number of hydrogen-bond donors (Lipinski definition) is 0. The normalized spacial score (nSPS) is 44.1. The van der Waals surface area contributed by atoms with Crippen LogP contribution >= 0.6 is 0 Å². The lowest BCUT2D eigenvalue weighted by Crippen LogP contribution is -2.24. The Morgan fingerprint density at radius 2 is 0.696 bits per heavy atom. The zero-order valence-corrected chi connectivity index (χ0v) is 16.1. The van der Waals surface area contributed by atoms with Crippen molar-refractivity contribution in [2.75, 3.05) is 0 Å². The van der Waals surface area contributed by atoms with Gasteiger partial charge in [-0.3, -0.25) is 0 Å². The second-order valence-corrected chi connectivity index (χ2v) is 9.78. The minimum Gasteiger partial charge on any atom is -0.0625 e. The van der Waals surface area contributed by atoms with Gasteiger partial charge in [-0.25, -0.2) is 0 Å². The minimum absolute atomic E-state index is 1.01. The van der Waals surface area contributed by atoms with E-state index in [1.54, 1.807) is 51.4 Å². The molecule has 0 bridgehead atoms. The summed E-state index contributed by atoms with van der Waals surface area (Å²) in [5.41, 5.74) is 0. The molecule has 0 heteroatoms. The van der Waals surface area contributed by atoms with Crippen molar-refractivity contribution in [2.45, 2.75) is 110 Å². The molecule has 0 amide bonds. The van der Waals surface area contributed by atoms with Gasteiger partial charge in [-0.15, -0.1) is 0 Å². The van der Waals surface area contributed by atoms with Crippen LogP contribution in [0.4, 0.5) is 0 Å². The van der Waals surface area contributed by atoms with Crippen LogP contribution in [0.2, 0.25) is 0 Å². The molecular weight excluding hydrogens is 276 g/mol. The van der Waals surface area contributed by atoms with Crippen LogP contribution in [0.15, 0.2) is 0 Å². The molecule has 0 heterocycles. The predicted molar refractivity (Wildman–Crippen MR) is 102 cm³/mol. The molecule has 3 aliphatic carbocycles. The van der Waals surface area contributed by atoms with E-state index in [1.165, 1.54) is 44.9 Å². The molecule has 3 rings (SSSR count). The number of hydrogen-bond acceptors (Lipinski definition) is 0. The Balaban J connectivity index is 1.51. The van der Waals surface area contributed by atoms with Gasteiger partial charge in [0, 0.05) is 0 Å². The highest BCUT2D eigenvalue weighted by Crippen LogP contribution is 2.42. The van der Waals surface area contributed by atoms with Crippen LogP contribution in [0.3, 0.4) is 0 Å². The Bertz CT molecular complexity index is 325. The summed E-state index contributed by atoms with van der Waals surface area (Å²) in [4.78, 5) is 0. The molecule has 3 aliphatic rings. The van der Waals surface area contributed by atoms with E-state index < -0.39 is 0 Å². The lowest BCUT2D eigenvalue weighted by Gasteiger charge is -2.36. The maximum absolute atomic E-state index is 2.49. The van der Waals surface area contributed by atoms with Crippen LogP contribution in [0.25, 0.3) is 0 Å². The Labute approximate surface area is 146 Å². The molecule has 0 aliphatic heterocycles. The Morgan fingerprint density at radius 1 is 0.348 bits per heavy atom. The molecule has 3 fully saturated rings. The summed E-state index contributed by atoms with van der Waals surface area (Å²) < 4.78 is 0. The quantitative estimate of drug-likeness (QED) is 0.459. The Kier molecular flexibility index (Phi) is 6.90. The predicted octanol–water partition coefficient (Wildman–Crippen LogP) is 7.62. The average molecular weight is 319 g/mol. The molecule has 0 aromatic rings. The van der Waals surface area contributed by atoms with E-state index in [4.69, 9.17) is 0 Å². The fourth-order valence-corrected chi connectivity index (χ4v) is 6.22. The first-order valence-corrected chi connectivity index (χ1v) is 11.2. The van der Waals surface area contributed by atoms with Crippen LogP contribution in [-0.2, 0) is 0 Å². The maximum Gasteiger partial charge on any atom is -0.0386 e. The first-order chi connectivity index (χ1) is 11.2. The van der Waals surface area contributed by atoms with Gasteiger partial charge in [0.15, 0.2) is 0 Å². The van der Waals surface area contributed by atoms with Crippen LogP contribution < -0.4 is 0 Å². The van der Waals surface area contributed by atoms with Crippen molar-refractivity contribution in [3.05, 3.63) is 0 Å². The third kappa shape index (κ3) is 5.23. The smallest absolute Gasteiger partial charge is 0.0386 e. The van der Waals surface area contributed by atoms with Gasteiger partial charge in [0.1, 0.15) is 0 Å². The highest BCUT2D eigenvalue weighted by Gasteiger charge is 2.30. The fourth-order valence-electron chi connectivity index (χ4n) is 6.22. The van der Waals surface area contributed by atoms with Gasteiger partial charge in [0.2, 0.25) is 0 Å². The minimum atomic E-state index is 1.01. The maximum atomic E-state index is 2.49. The van der Waals surface area contributed by atoms with Crippen LogP contribution in [-0.4, -0.2) is 0 Å². The van der Waals surface area contributed by atoms with Gasteiger partial charge in [0.05, 0.1) is 0 Å². The molecule has 4 unspecified atom stereocenters. The first kappa shape index (κ1) is 17.8. The molecule has 0 nitrogen and oxygen atoms in total. The third-order valence-electron chi connectivity index (χ3n) is 8.00. The monoisotopic (exact) mass is 318 g/mol. The second kappa shape index (κ2) is 8.91. The topological polar surface area (TPSA) is 0 Å². The van der Waals surface area contributed by atoms with Crippen LogP contribution in [0, 0.1) is 35.5 Å². The lowest BCUT2D eigenvalue weighted by molar-refractivity contribution is 0.152. The summed E-state index contributed by atoms with van der Waals surface area (Å²) >= 11 is 0. The van der Waals surface area contributed by atoms with Crippen molar-refractivity contribution in [2.24, 2.45) is 35.5 Å². The molecule has 0 aromatic carbocycles. The summed E-state index contributed by atoms with van der Waals surface area (Å²) in [5, 5.41) is 0. The van der Waals surface area contributed by atoms with E-state index in [0.29, 0.717) is 0 Å². The van der Waals surface area contributed by atoms with Gasteiger partial charge in [-0.05, 0) is 67.6 Å². The van der Waals surface area contributed by atoms with Crippen molar-refractivity contribution in [3.63, 3.8) is 0 Å². The van der Waals surface area contributed by atoms with Gasteiger partial charge in [-0.2, -0.15) is 0 Å². The van der Waals surface area contributed by atoms with Crippen molar-refractivity contribution in [1.29, 1.82) is 0 Å². The zero-order chi connectivity index (χ0) is 16.1. The molecule has 4 atom stereocenters. The Hall–Kier alpha value is 0. The van der Waals surface area contributed by atoms with E-state index in [0.717, 1.165) is 35.5 Å². The Morgan fingerprint density at radius 3 is 1.22 bits per heavy atom. The molecule has 23 heavy (non-hydrogen) atoms. The second-order valence-electron chi connectivity index (χ2n) is 9.78. The first-order valence-electron chi connectivity index (χ1n) is 11.2. The summed E-state index contributed by atoms with van der Waals surface area (Å²) in [6.45, 7) is 4.96. The summed E-state index contributed by atoms with van der Waals surface area (Å²) in [6, 6.07) is 0. The molecule has 134 valence electrons. The molecule has 0 saturated heterocycles. The molecule has 0 radical (unpaired) electrons. The van der Waals surface area contributed by atoms with Gasteiger partial charge >= 0.3 is 0 Å². The van der Waals surface area contributed by atoms with Gasteiger partial charge in [0.25, 0.3) is 0 Å². The van der Waals surface area contributed by atoms with E-state index >= 15 is 0 Å². The molecule has 3 saturated carbocycles. The zero-order valence-electron chi connectivity index (χ0n) is 16.1. The molecule has 0 aromatic heterocycles. The molecular formula is C23H42. The van der Waals surface area contributed by atoms with Crippen molar-refractivity contribution < 1.29 is 0 Å². The molecule has 0 N–H and O–H groups in total. The largest absolute Gasteiger partial charge is 0.0625 e. The SMILES string of the molecule is CC1CCCC(C2CCCCC(C3CCC(C)CC3)CC2)CC1. The third-order valence-corrected chi connectivity index (χ3v) is 8.00. The average Bonchev–Trinajstić information content (AvgIpc) is 2.74. The summed E-state index contributed by atoms with van der Waals surface area (Å²) in [5.74, 6) is 6.39.